The van der Waals surface area contributed by atoms with E-state index >= 15 is 0 Å². The summed E-state index contributed by atoms with van der Waals surface area (Å²) in [4.78, 5) is 9.57. The van der Waals surface area contributed by atoms with Crippen molar-refractivity contribution in [3.8, 4) is 5.75 Å². The lowest BCUT2D eigenvalue weighted by molar-refractivity contribution is 0.415. The second-order valence-electron chi connectivity index (χ2n) is 7.99. The molecule has 0 saturated carbocycles. The molecule has 2 heterocycles. The molecule has 1 unspecified atom stereocenters. The fourth-order valence-electron chi connectivity index (χ4n) is 4.17. The van der Waals surface area contributed by atoms with E-state index < -0.39 is 0 Å². The SMILES string of the molecule is CCNC(=NCc1ccc(N2CC=CC2)cc1)NC1CCN(c2ccccc2OC)C1.I. The first kappa shape index (κ1) is 24.2. The van der Waals surface area contributed by atoms with Crippen LogP contribution in [0.15, 0.2) is 65.7 Å². The fraction of sp³-hybridized carbons (Fsp3) is 0.400. The predicted octanol–water partition coefficient (Wildman–Crippen LogP) is 4.02. The Balaban J connectivity index is 0.00000289. The van der Waals surface area contributed by atoms with Crippen LogP contribution in [0.1, 0.15) is 18.9 Å². The average molecular weight is 547 g/mol. The van der Waals surface area contributed by atoms with Crippen LogP contribution in [0.4, 0.5) is 11.4 Å². The molecule has 0 spiro atoms. The van der Waals surface area contributed by atoms with E-state index in [0.29, 0.717) is 12.6 Å². The van der Waals surface area contributed by atoms with Gasteiger partial charge in [0.05, 0.1) is 19.3 Å². The maximum Gasteiger partial charge on any atom is 0.191 e. The van der Waals surface area contributed by atoms with Crippen molar-refractivity contribution in [2.24, 2.45) is 4.99 Å². The quantitative estimate of drug-likeness (QED) is 0.238. The molecule has 1 atom stereocenters. The Hall–Kier alpha value is -2.42. The first-order valence-electron chi connectivity index (χ1n) is 11.2. The van der Waals surface area contributed by atoms with Gasteiger partial charge in [0.2, 0.25) is 0 Å². The zero-order valence-corrected chi connectivity index (χ0v) is 21.3. The molecule has 2 aliphatic heterocycles. The Morgan fingerprint density at radius 2 is 1.81 bits per heavy atom. The molecule has 0 radical (unpaired) electrons. The van der Waals surface area contributed by atoms with Gasteiger partial charge in [0.15, 0.2) is 5.96 Å². The maximum atomic E-state index is 5.54. The fourth-order valence-corrected chi connectivity index (χ4v) is 4.17. The van der Waals surface area contributed by atoms with E-state index in [1.165, 1.54) is 11.3 Å². The van der Waals surface area contributed by atoms with E-state index in [1.807, 2.05) is 12.1 Å². The summed E-state index contributed by atoms with van der Waals surface area (Å²) in [6.45, 7) is 7.55. The van der Waals surface area contributed by atoms with Crippen molar-refractivity contribution in [2.75, 3.05) is 49.6 Å². The van der Waals surface area contributed by atoms with Crippen LogP contribution in [0.3, 0.4) is 0 Å². The van der Waals surface area contributed by atoms with Crippen LogP contribution in [0.5, 0.6) is 5.75 Å². The molecule has 4 rings (SSSR count). The number of para-hydroxylation sites is 2. The van der Waals surface area contributed by atoms with E-state index in [4.69, 9.17) is 9.73 Å². The van der Waals surface area contributed by atoms with E-state index in [-0.39, 0.29) is 24.0 Å². The lowest BCUT2D eigenvalue weighted by atomic mass is 10.2. The summed E-state index contributed by atoms with van der Waals surface area (Å²) in [5.41, 5.74) is 3.64. The van der Waals surface area contributed by atoms with Gasteiger partial charge in [-0.05, 0) is 43.2 Å². The molecule has 0 amide bonds. The number of guanidine groups is 1. The number of ether oxygens (including phenoxy) is 1. The monoisotopic (exact) mass is 547 g/mol. The Bertz CT molecular complexity index is 907. The van der Waals surface area contributed by atoms with Gasteiger partial charge in [-0.1, -0.05) is 36.4 Å². The van der Waals surface area contributed by atoms with Crippen molar-refractivity contribution in [3.05, 3.63) is 66.2 Å². The molecule has 2 aliphatic rings. The highest BCUT2D eigenvalue weighted by atomic mass is 127. The highest BCUT2D eigenvalue weighted by Gasteiger charge is 2.25. The Morgan fingerprint density at radius 1 is 1.06 bits per heavy atom. The van der Waals surface area contributed by atoms with Gasteiger partial charge in [0.1, 0.15) is 5.75 Å². The third kappa shape index (κ3) is 6.09. The van der Waals surface area contributed by atoms with Crippen LogP contribution in [0, 0.1) is 0 Å². The summed E-state index contributed by atoms with van der Waals surface area (Å²) in [5, 5.41) is 7.01. The first-order valence-corrected chi connectivity index (χ1v) is 11.2. The van der Waals surface area contributed by atoms with Crippen LogP contribution >= 0.6 is 24.0 Å². The number of anilines is 2. The van der Waals surface area contributed by atoms with Crippen molar-refractivity contribution in [1.82, 2.24) is 10.6 Å². The summed E-state index contributed by atoms with van der Waals surface area (Å²) in [6.07, 6.45) is 5.50. The van der Waals surface area contributed by atoms with Gasteiger partial charge in [-0.25, -0.2) is 4.99 Å². The average Bonchev–Trinajstić information content (AvgIpc) is 3.50. The number of nitrogens with zero attached hydrogens (tertiary/aromatic N) is 3. The minimum absolute atomic E-state index is 0. The van der Waals surface area contributed by atoms with Gasteiger partial charge in [-0.3, -0.25) is 0 Å². The summed E-state index contributed by atoms with van der Waals surface area (Å²) in [7, 11) is 1.73. The molecule has 2 aromatic carbocycles. The van der Waals surface area contributed by atoms with Crippen LogP contribution < -0.4 is 25.2 Å². The Kier molecular flexibility index (Phi) is 9.08. The number of methoxy groups -OCH3 is 1. The summed E-state index contributed by atoms with van der Waals surface area (Å²) >= 11 is 0. The molecule has 6 nitrogen and oxygen atoms in total. The summed E-state index contributed by atoms with van der Waals surface area (Å²) in [5.74, 6) is 1.80. The second-order valence-corrected chi connectivity index (χ2v) is 7.99. The molecular formula is C25H34IN5O. The number of rotatable bonds is 7. The zero-order valence-electron chi connectivity index (χ0n) is 19.0. The molecule has 2 N–H and O–H groups in total. The molecule has 0 aromatic heterocycles. The van der Waals surface area contributed by atoms with Crippen molar-refractivity contribution in [2.45, 2.75) is 25.9 Å². The van der Waals surface area contributed by atoms with Gasteiger partial charge >= 0.3 is 0 Å². The number of halogens is 1. The van der Waals surface area contributed by atoms with Crippen molar-refractivity contribution in [3.63, 3.8) is 0 Å². The van der Waals surface area contributed by atoms with Crippen molar-refractivity contribution in [1.29, 1.82) is 0 Å². The first-order chi connectivity index (χ1) is 15.3. The number of aliphatic imine (C=N–C) groups is 1. The van der Waals surface area contributed by atoms with Crippen LogP contribution in [-0.2, 0) is 6.54 Å². The van der Waals surface area contributed by atoms with E-state index in [1.54, 1.807) is 7.11 Å². The Labute approximate surface area is 208 Å². The Morgan fingerprint density at radius 3 is 2.53 bits per heavy atom. The molecule has 2 aromatic rings. The van der Waals surface area contributed by atoms with Crippen LogP contribution in [-0.4, -0.2) is 51.8 Å². The van der Waals surface area contributed by atoms with Crippen LogP contribution in [0.25, 0.3) is 0 Å². The molecule has 0 aliphatic carbocycles. The predicted molar refractivity (Wildman–Crippen MR) is 145 cm³/mol. The smallest absolute Gasteiger partial charge is 0.191 e. The molecule has 1 fully saturated rings. The highest BCUT2D eigenvalue weighted by molar-refractivity contribution is 14.0. The zero-order chi connectivity index (χ0) is 21.5. The topological polar surface area (TPSA) is 52.1 Å². The minimum Gasteiger partial charge on any atom is -0.495 e. The largest absolute Gasteiger partial charge is 0.495 e. The van der Waals surface area contributed by atoms with E-state index in [2.05, 4.69) is 75.9 Å². The number of benzene rings is 2. The molecule has 0 bridgehead atoms. The highest BCUT2D eigenvalue weighted by Crippen LogP contribution is 2.30. The minimum atomic E-state index is 0. The van der Waals surface area contributed by atoms with Gasteiger partial charge in [-0.15, -0.1) is 24.0 Å². The molecule has 172 valence electrons. The third-order valence-electron chi connectivity index (χ3n) is 5.84. The van der Waals surface area contributed by atoms with Crippen molar-refractivity contribution < 1.29 is 4.74 Å². The van der Waals surface area contributed by atoms with E-state index in [0.717, 1.165) is 56.5 Å². The van der Waals surface area contributed by atoms with Gasteiger partial charge < -0.3 is 25.2 Å². The summed E-state index contributed by atoms with van der Waals surface area (Å²) in [6, 6.07) is 17.3. The van der Waals surface area contributed by atoms with Crippen molar-refractivity contribution >= 4 is 41.3 Å². The van der Waals surface area contributed by atoms with Crippen LogP contribution in [0.2, 0.25) is 0 Å². The standard InChI is InChI=1S/C25H33N5O.HI/c1-3-26-25(27-18-20-10-12-22(13-11-20)29-15-6-7-16-29)28-21-14-17-30(19-21)23-8-4-5-9-24(23)31-2;/h4-13,21H,3,14-19H2,1-2H3,(H2,26,27,28);1H. The lowest BCUT2D eigenvalue weighted by Gasteiger charge is -2.22. The summed E-state index contributed by atoms with van der Waals surface area (Å²) < 4.78 is 5.54. The lowest BCUT2D eigenvalue weighted by Crippen LogP contribution is -2.44. The third-order valence-corrected chi connectivity index (χ3v) is 5.84. The number of hydrogen-bond acceptors (Lipinski definition) is 4. The van der Waals surface area contributed by atoms with E-state index in [9.17, 15) is 0 Å². The van der Waals surface area contributed by atoms with Gasteiger partial charge in [0.25, 0.3) is 0 Å². The normalized spacial score (nSPS) is 17.9. The van der Waals surface area contributed by atoms with Gasteiger partial charge in [-0.2, -0.15) is 0 Å². The maximum absolute atomic E-state index is 5.54. The molecule has 1 saturated heterocycles. The van der Waals surface area contributed by atoms with Gasteiger partial charge in [0, 0.05) is 44.5 Å². The number of nitrogens with one attached hydrogen (secondary N) is 2. The molecular weight excluding hydrogens is 513 g/mol. The second kappa shape index (κ2) is 12.0. The molecule has 7 heteroatoms. The number of hydrogen-bond donors (Lipinski definition) is 2. The molecule has 32 heavy (non-hydrogen) atoms.